The molecule has 0 aliphatic carbocycles. The normalized spacial score (nSPS) is 11.2. The maximum Gasteiger partial charge on any atom is 0.224 e. The van der Waals surface area contributed by atoms with Crippen LogP contribution >= 0.6 is 0 Å². The van der Waals surface area contributed by atoms with Crippen molar-refractivity contribution in [2.75, 3.05) is 5.32 Å². The van der Waals surface area contributed by atoms with Crippen LogP contribution in [-0.2, 0) is 11.2 Å². The molecule has 0 aliphatic rings. The Kier molecular flexibility index (Phi) is 5.22. The molecule has 3 heteroatoms. The van der Waals surface area contributed by atoms with Crippen LogP contribution in [0.25, 0.3) is 10.9 Å². The number of amides is 1. The lowest BCUT2D eigenvalue weighted by atomic mass is 9.98. The number of aryl methyl sites for hydroxylation is 2. The van der Waals surface area contributed by atoms with Crippen molar-refractivity contribution in [3.05, 3.63) is 65.4 Å². The number of nitrogens with one attached hydrogen (secondary N) is 2. The zero-order chi connectivity index (χ0) is 17.8. The average Bonchev–Trinajstić information content (AvgIpc) is 3.00. The Morgan fingerprint density at radius 1 is 1.12 bits per heavy atom. The third kappa shape index (κ3) is 3.93. The van der Waals surface area contributed by atoms with Crippen LogP contribution in [0.15, 0.2) is 48.7 Å². The van der Waals surface area contributed by atoms with Crippen LogP contribution in [0, 0.1) is 6.92 Å². The Hall–Kier alpha value is -2.55. The monoisotopic (exact) mass is 334 g/mol. The van der Waals surface area contributed by atoms with E-state index >= 15 is 0 Å². The van der Waals surface area contributed by atoms with E-state index in [9.17, 15) is 4.79 Å². The highest BCUT2D eigenvalue weighted by molar-refractivity contribution is 5.92. The molecule has 3 aromatic rings. The fourth-order valence-corrected chi connectivity index (χ4v) is 3.32. The summed E-state index contributed by atoms with van der Waals surface area (Å²) >= 11 is 0. The highest BCUT2D eigenvalue weighted by Crippen LogP contribution is 2.27. The van der Waals surface area contributed by atoms with E-state index in [0.717, 1.165) is 29.6 Å². The van der Waals surface area contributed by atoms with Crippen molar-refractivity contribution < 1.29 is 4.79 Å². The van der Waals surface area contributed by atoms with Gasteiger partial charge >= 0.3 is 0 Å². The summed E-state index contributed by atoms with van der Waals surface area (Å²) in [6.45, 7) is 6.36. The molecule has 0 saturated heterocycles. The van der Waals surface area contributed by atoms with Gasteiger partial charge in [0.05, 0.1) is 0 Å². The van der Waals surface area contributed by atoms with Crippen LogP contribution in [0.2, 0.25) is 0 Å². The summed E-state index contributed by atoms with van der Waals surface area (Å²) in [6.07, 6.45) is 4.34. The largest absolute Gasteiger partial charge is 0.361 e. The fraction of sp³-hybridized carbons (Fsp3) is 0.318. The Morgan fingerprint density at radius 3 is 2.72 bits per heavy atom. The minimum Gasteiger partial charge on any atom is -0.361 e. The predicted octanol–water partition coefficient (Wildman–Crippen LogP) is 5.56. The third-order valence-corrected chi connectivity index (χ3v) is 4.72. The van der Waals surface area contributed by atoms with E-state index in [2.05, 4.69) is 60.7 Å². The molecule has 3 nitrogen and oxygen atoms in total. The highest BCUT2D eigenvalue weighted by atomic mass is 16.1. The zero-order valence-corrected chi connectivity index (χ0v) is 15.2. The number of carbonyl (C=O) groups excluding carboxylic acids is 1. The van der Waals surface area contributed by atoms with Crippen molar-refractivity contribution in [3.63, 3.8) is 0 Å². The van der Waals surface area contributed by atoms with Gasteiger partial charge in [-0.1, -0.05) is 50.2 Å². The molecule has 2 aromatic carbocycles. The van der Waals surface area contributed by atoms with E-state index < -0.39 is 0 Å². The van der Waals surface area contributed by atoms with E-state index in [-0.39, 0.29) is 5.91 Å². The van der Waals surface area contributed by atoms with Gasteiger partial charge in [0.1, 0.15) is 0 Å². The molecule has 1 heterocycles. The second-order valence-electron chi connectivity index (χ2n) is 6.96. The molecule has 25 heavy (non-hydrogen) atoms. The summed E-state index contributed by atoms with van der Waals surface area (Å²) < 4.78 is 0. The molecule has 0 radical (unpaired) electrons. The van der Waals surface area contributed by atoms with Gasteiger partial charge < -0.3 is 10.3 Å². The number of aromatic nitrogens is 1. The first-order chi connectivity index (χ1) is 12.1. The standard InChI is InChI=1S/C22H26N2O/c1-15(2)18-11-6-8-16(3)22(18)24-21(25)13-7-9-17-14-23-20-12-5-4-10-19(17)20/h4-6,8,10-12,14-15,23H,7,9,13H2,1-3H3,(H,24,25). The maximum atomic E-state index is 12.4. The number of rotatable bonds is 6. The molecule has 0 saturated carbocycles. The Balaban J connectivity index is 1.61. The number of fused-ring (bicyclic) bond motifs is 1. The van der Waals surface area contributed by atoms with Gasteiger partial charge in [0.2, 0.25) is 5.91 Å². The van der Waals surface area contributed by atoms with Crippen LogP contribution < -0.4 is 5.32 Å². The smallest absolute Gasteiger partial charge is 0.224 e. The molecule has 0 bridgehead atoms. The van der Waals surface area contributed by atoms with E-state index in [1.807, 2.05) is 19.1 Å². The van der Waals surface area contributed by atoms with Crippen LogP contribution in [0.3, 0.4) is 0 Å². The first kappa shape index (κ1) is 17.3. The lowest BCUT2D eigenvalue weighted by Crippen LogP contribution is -2.14. The minimum absolute atomic E-state index is 0.0936. The molecule has 0 atom stereocenters. The number of hydrogen-bond acceptors (Lipinski definition) is 1. The first-order valence-electron chi connectivity index (χ1n) is 9.00. The fourth-order valence-electron chi connectivity index (χ4n) is 3.32. The van der Waals surface area contributed by atoms with Gasteiger partial charge in [-0.3, -0.25) is 4.79 Å². The van der Waals surface area contributed by atoms with Gasteiger partial charge in [0.25, 0.3) is 0 Å². The molecule has 130 valence electrons. The molecule has 2 N–H and O–H groups in total. The van der Waals surface area contributed by atoms with Crippen molar-refractivity contribution in [3.8, 4) is 0 Å². The molecular weight excluding hydrogens is 308 g/mol. The maximum absolute atomic E-state index is 12.4. The van der Waals surface area contributed by atoms with Gasteiger partial charge in [-0.2, -0.15) is 0 Å². The Morgan fingerprint density at radius 2 is 1.92 bits per heavy atom. The number of carbonyl (C=O) groups is 1. The number of para-hydroxylation sites is 2. The summed E-state index contributed by atoms with van der Waals surface area (Å²) in [5.74, 6) is 0.484. The average molecular weight is 334 g/mol. The van der Waals surface area contributed by atoms with Crippen LogP contribution in [-0.4, -0.2) is 10.9 Å². The molecule has 0 spiro atoms. The Labute approximate surface area is 149 Å². The molecule has 0 fully saturated rings. The topological polar surface area (TPSA) is 44.9 Å². The van der Waals surface area contributed by atoms with Crippen molar-refractivity contribution in [1.82, 2.24) is 4.98 Å². The van der Waals surface area contributed by atoms with Crippen molar-refractivity contribution >= 4 is 22.5 Å². The van der Waals surface area contributed by atoms with Crippen molar-refractivity contribution in [2.24, 2.45) is 0 Å². The van der Waals surface area contributed by atoms with Crippen LogP contribution in [0.4, 0.5) is 5.69 Å². The minimum atomic E-state index is 0.0936. The molecule has 1 amide bonds. The molecule has 1 aromatic heterocycles. The second-order valence-corrected chi connectivity index (χ2v) is 6.96. The summed E-state index contributed by atoms with van der Waals surface area (Å²) in [4.78, 5) is 15.7. The summed E-state index contributed by atoms with van der Waals surface area (Å²) in [5.41, 5.74) is 5.74. The molecule has 3 rings (SSSR count). The molecular formula is C22H26N2O. The van der Waals surface area contributed by atoms with Crippen LogP contribution in [0.5, 0.6) is 0 Å². The van der Waals surface area contributed by atoms with Gasteiger partial charge in [0.15, 0.2) is 0 Å². The molecule has 0 unspecified atom stereocenters. The van der Waals surface area contributed by atoms with Gasteiger partial charge in [0, 0.05) is 29.2 Å². The van der Waals surface area contributed by atoms with Gasteiger partial charge in [-0.05, 0) is 48.4 Å². The van der Waals surface area contributed by atoms with Gasteiger partial charge in [-0.15, -0.1) is 0 Å². The lowest BCUT2D eigenvalue weighted by molar-refractivity contribution is -0.116. The quantitative estimate of drug-likeness (QED) is 0.609. The number of benzene rings is 2. The van der Waals surface area contributed by atoms with Crippen molar-refractivity contribution in [1.29, 1.82) is 0 Å². The van der Waals surface area contributed by atoms with Gasteiger partial charge in [-0.25, -0.2) is 0 Å². The zero-order valence-electron chi connectivity index (χ0n) is 15.2. The Bertz CT molecular complexity index is 877. The third-order valence-electron chi connectivity index (χ3n) is 4.72. The predicted molar refractivity (Wildman–Crippen MR) is 105 cm³/mol. The van der Waals surface area contributed by atoms with Crippen LogP contribution in [0.1, 0.15) is 49.3 Å². The van der Waals surface area contributed by atoms with E-state index in [1.165, 1.54) is 16.5 Å². The summed E-state index contributed by atoms with van der Waals surface area (Å²) in [7, 11) is 0. The first-order valence-corrected chi connectivity index (χ1v) is 9.00. The van der Waals surface area contributed by atoms with E-state index in [1.54, 1.807) is 0 Å². The summed E-state index contributed by atoms with van der Waals surface area (Å²) in [6, 6.07) is 14.5. The second kappa shape index (κ2) is 7.56. The number of anilines is 1. The lowest BCUT2D eigenvalue weighted by Gasteiger charge is -2.16. The SMILES string of the molecule is Cc1cccc(C(C)C)c1NC(=O)CCCc1c[nH]c2ccccc12. The van der Waals surface area contributed by atoms with E-state index in [0.29, 0.717) is 12.3 Å². The number of H-pyrrole nitrogens is 1. The van der Waals surface area contributed by atoms with E-state index in [4.69, 9.17) is 0 Å². The summed E-state index contributed by atoms with van der Waals surface area (Å²) in [5, 5.41) is 4.38. The molecule has 0 aliphatic heterocycles. The number of hydrogen-bond donors (Lipinski definition) is 2. The highest BCUT2D eigenvalue weighted by Gasteiger charge is 2.12. The van der Waals surface area contributed by atoms with Crippen molar-refractivity contribution in [2.45, 2.75) is 46.0 Å². The number of aromatic amines is 1.